The zero-order valence-corrected chi connectivity index (χ0v) is 11.8. The fourth-order valence-electron chi connectivity index (χ4n) is 2.25. The van der Waals surface area contributed by atoms with Crippen molar-refractivity contribution in [3.05, 3.63) is 42.5 Å². The van der Waals surface area contributed by atoms with Crippen LogP contribution < -0.4 is 10.1 Å². The third-order valence-corrected chi connectivity index (χ3v) is 3.61. The van der Waals surface area contributed by atoms with Crippen molar-refractivity contribution >= 4 is 0 Å². The molecule has 1 unspecified atom stereocenters. The zero-order chi connectivity index (χ0) is 14.5. The number of hydrogen-bond donors (Lipinski definition) is 2. The highest BCUT2D eigenvalue weighted by Crippen LogP contribution is 2.23. The molecule has 0 aliphatic carbocycles. The van der Waals surface area contributed by atoms with E-state index in [1.165, 1.54) is 6.42 Å². The molecule has 0 amide bonds. The van der Waals surface area contributed by atoms with Crippen molar-refractivity contribution in [2.45, 2.75) is 18.9 Å². The van der Waals surface area contributed by atoms with Crippen molar-refractivity contribution in [1.29, 1.82) is 0 Å². The third-order valence-electron chi connectivity index (χ3n) is 3.61. The van der Waals surface area contributed by atoms with Gasteiger partial charge in [-0.15, -0.1) is 0 Å². The average molecular weight is 285 g/mol. The van der Waals surface area contributed by atoms with E-state index >= 15 is 0 Å². The Kier molecular flexibility index (Phi) is 4.43. The van der Waals surface area contributed by atoms with E-state index in [1.54, 1.807) is 12.4 Å². The molecule has 2 aromatic rings. The molecule has 3 heterocycles. The normalized spacial score (nSPS) is 17.3. The Hall–Kier alpha value is -1.98. The second-order valence-electron chi connectivity index (χ2n) is 5.17. The summed E-state index contributed by atoms with van der Waals surface area (Å²) >= 11 is 0. The number of pyridine rings is 2. The van der Waals surface area contributed by atoms with Gasteiger partial charge in [0.05, 0.1) is 6.20 Å². The van der Waals surface area contributed by atoms with Crippen LogP contribution in [0.15, 0.2) is 36.8 Å². The van der Waals surface area contributed by atoms with E-state index in [2.05, 4.69) is 15.3 Å². The summed E-state index contributed by atoms with van der Waals surface area (Å²) in [4.78, 5) is 8.48. The average Bonchev–Trinajstić information content (AvgIpc) is 2.47. The Labute approximate surface area is 124 Å². The molecule has 1 saturated heterocycles. The smallest absolute Gasteiger partial charge is 0.138 e. The van der Waals surface area contributed by atoms with Crippen LogP contribution in [0.1, 0.15) is 12.1 Å². The van der Waals surface area contributed by atoms with Gasteiger partial charge in [0.15, 0.2) is 0 Å². The van der Waals surface area contributed by atoms with Gasteiger partial charge in [0.2, 0.25) is 0 Å². The minimum absolute atomic E-state index is 0.103. The monoisotopic (exact) mass is 285 g/mol. The molecule has 1 aliphatic rings. The number of aromatic nitrogens is 2. The van der Waals surface area contributed by atoms with Gasteiger partial charge in [-0.1, -0.05) is 0 Å². The first-order valence-corrected chi connectivity index (χ1v) is 7.22. The van der Waals surface area contributed by atoms with Gasteiger partial charge in [0.25, 0.3) is 0 Å². The van der Waals surface area contributed by atoms with Crippen LogP contribution in [0.2, 0.25) is 0 Å². The fourth-order valence-corrected chi connectivity index (χ4v) is 2.25. The minimum Gasteiger partial charge on any atom is -0.490 e. The van der Waals surface area contributed by atoms with Gasteiger partial charge >= 0.3 is 0 Å². The summed E-state index contributed by atoms with van der Waals surface area (Å²) in [6.07, 6.45) is 7.03. The topological polar surface area (TPSA) is 67.3 Å². The number of aliphatic hydroxyl groups excluding tert-OH is 1. The molecule has 0 bridgehead atoms. The summed E-state index contributed by atoms with van der Waals surface area (Å²) in [6.45, 7) is 1.86. The van der Waals surface area contributed by atoms with E-state index in [4.69, 9.17) is 9.84 Å². The standard InChI is InChI=1S/C16H19N3O2/c20-6-3-14-7-12(1-4-18-14)13-8-16(10-17-9-13)21-11-15-2-5-19-15/h1,4,7-10,15,19-20H,2-3,5-6,11H2. The van der Waals surface area contributed by atoms with Gasteiger partial charge in [0, 0.05) is 42.7 Å². The van der Waals surface area contributed by atoms with Gasteiger partial charge in [-0.25, -0.2) is 0 Å². The van der Waals surface area contributed by atoms with Crippen molar-refractivity contribution in [3.63, 3.8) is 0 Å². The van der Waals surface area contributed by atoms with Gasteiger partial charge < -0.3 is 15.2 Å². The molecule has 110 valence electrons. The SMILES string of the molecule is OCCc1cc(-c2cncc(OCC3CCN3)c2)ccn1. The van der Waals surface area contributed by atoms with Crippen molar-refractivity contribution in [2.75, 3.05) is 19.8 Å². The summed E-state index contributed by atoms with van der Waals surface area (Å²) in [5.74, 6) is 0.779. The van der Waals surface area contributed by atoms with E-state index in [0.717, 1.165) is 29.1 Å². The largest absolute Gasteiger partial charge is 0.490 e. The number of ether oxygens (including phenoxy) is 1. The number of nitrogens with zero attached hydrogens (tertiary/aromatic N) is 2. The third kappa shape index (κ3) is 3.56. The molecule has 0 spiro atoms. The first-order chi connectivity index (χ1) is 10.3. The van der Waals surface area contributed by atoms with Crippen LogP contribution in [0, 0.1) is 0 Å². The molecule has 1 atom stereocenters. The van der Waals surface area contributed by atoms with E-state index in [-0.39, 0.29) is 6.61 Å². The van der Waals surface area contributed by atoms with Gasteiger partial charge in [-0.05, 0) is 36.7 Å². The van der Waals surface area contributed by atoms with Crippen LogP contribution in [0.5, 0.6) is 5.75 Å². The number of rotatable bonds is 6. The zero-order valence-electron chi connectivity index (χ0n) is 11.8. The molecule has 0 aromatic carbocycles. The first-order valence-electron chi connectivity index (χ1n) is 7.22. The Balaban J connectivity index is 1.73. The van der Waals surface area contributed by atoms with E-state index in [1.807, 2.05) is 24.4 Å². The van der Waals surface area contributed by atoms with E-state index in [0.29, 0.717) is 19.1 Å². The fraction of sp³-hybridized carbons (Fsp3) is 0.375. The molecule has 1 aliphatic heterocycles. The van der Waals surface area contributed by atoms with Crippen LogP contribution in [0.3, 0.4) is 0 Å². The summed E-state index contributed by atoms with van der Waals surface area (Å²) < 4.78 is 5.77. The Morgan fingerprint density at radius 1 is 1.29 bits per heavy atom. The quantitative estimate of drug-likeness (QED) is 0.840. The molecule has 0 saturated carbocycles. The number of hydrogen-bond acceptors (Lipinski definition) is 5. The summed E-state index contributed by atoms with van der Waals surface area (Å²) in [5.41, 5.74) is 2.91. The maximum atomic E-state index is 9.00. The second-order valence-corrected chi connectivity index (χ2v) is 5.17. The first kappa shape index (κ1) is 14.0. The van der Waals surface area contributed by atoms with Gasteiger partial charge in [0.1, 0.15) is 12.4 Å². The summed E-state index contributed by atoms with van der Waals surface area (Å²) in [5, 5.41) is 12.3. The van der Waals surface area contributed by atoms with E-state index in [9.17, 15) is 0 Å². The molecular weight excluding hydrogens is 266 g/mol. The van der Waals surface area contributed by atoms with Crippen molar-refractivity contribution in [1.82, 2.24) is 15.3 Å². The lowest BCUT2D eigenvalue weighted by atomic mass is 10.1. The molecule has 5 nitrogen and oxygen atoms in total. The molecular formula is C16H19N3O2. The van der Waals surface area contributed by atoms with Crippen LogP contribution >= 0.6 is 0 Å². The van der Waals surface area contributed by atoms with Crippen LogP contribution in [-0.4, -0.2) is 40.9 Å². The van der Waals surface area contributed by atoms with Gasteiger partial charge in [-0.2, -0.15) is 0 Å². The van der Waals surface area contributed by atoms with Crippen LogP contribution in [-0.2, 0) is 6.42 Å². The molecule has 0 radical (unpaired) electrons. The Bertz CT molecular complexity index is 600. The lowest BCUT2D eigenvalue weighted by molar-refractivity contribution is 0.217. The Morgan fingerprint density at radius 2 is 2.19 bits per heavy atom. The Morgan fingerprint density at radius 3 is 2.95 bits per heavy atom. The molecule has 5 heteroatoms. The van der Waals surface area contributed by atoms with Gasteiger partial charge in [-0.3, -0.25) is 9.97 Å². The number of nitrogens with one attached hydrogen (secondary N) is 1. The number of aliphatic hydroxyl groups is 1. The van der Waals surface area contributed by atoms with Crippen LogP contribution in [0.25, 0.3) is 11.1 Å². The lowest BCUT2D eigenvalue weighted by Gasteiger charge is -2.27. The molecule has 2 N–H and O–H groups in total. The second kappa shape index (κ2) is 6.65. The molecule has 3 rings (SSSR count). The maximum Gasteiger partial charge on any atom is 0.138 e. The molecule has 21 heavy (non-hydrogen) atoms. The van der Waals surface area contributed by atoms with Crippen molar-refractivity contribution < 1.29 is 9.84 Å². The summed E-state index contributed by atoms with van der Waals surface area (Å²) in [7, 11) is 0. The minimum atomic E-state index is 0.103. The van der Waals surface area contributed by atoms with Crippen LogP contribution in [0.4, 0.5) is 0 Å². The predicted molar refractivity (Wildman–Crippen MR) is 80.2 cm³/mol. The highest BCUT2D eigenvalue weighted by molar-refractivity contribution is 5.63. The summed E-state index contributed by atoms with van der Waals surface area (Å²) in [6, 6.07) is 6.37. The highest BCUT2D eigenvalue weighted by atomic mass is 16.5. The molecule has 2 aromatic heterocycles. The maximum absolute atomic E-state index is 9.00. The molecule has 1 fully saturated rings. The van der Waals surface area contributed by atoms with Crippen molar-refractivity contribution in [3.8, 4) is 16.9 Å². The predicted octanol–water partition coefficient (Wildman–Crippen LogP) is 1.42. The van der Waals surface area contributed by atoms with Crippen molar-refractivity contribution in [2.24, 2.45) is 0 Å². The van der Waals surface area contributed by atoms with E-state index < -0.39 is 0 Å². The highest BCUT2D eigenvalue weighted by Gasteiger charge is 2.16. The lowest BCUT2D eigenvalue weighted by Crippen LogP contribution is -2.46.